The molecule has 0 saturated carbocycles. The largest absolute Gasteiger partial charge is 0.507 e. The minimum Gasteiger partial charge on any atom is -0.507 e. The Balaban J connectivity index is 2.42. The number of phenols is 1. The zero-order valence-corrected chi connectivity index (χ0v) is 20.0. The highest BCUT2D eigenvalue weighted by Crippen LogP contribution is 2.61. The van der Waals surface area contributed by atoms with Crippen LogP contribution in [0.25, 0.3) is 0 Å². The molecule has 1 N–H and O–H groups in total. The third-order valence-electron chi connectivity index (χ3n) is 5.83. The predicted octanol–water partition coefficient (Wildman–Crippen LogP) is 7.84. The number of aryl methyl sites for hydroxylation is 1. The van der Waals surface area contributed by atoms with E-state index in [9.17, 15) is 49.0 Å². The number of aromatic hydroxyl groups is 1. The van der Waals surface area contributed by atoms with E-state index in [4.69, 9.17) is 0 Å². The van der Waals surface area contributed by atoms with Crippen LogP contribution >= 0.6 is 0 Å². The maximum absolute atomic E-state index is 14.9. The fourth-order valence-corrected chi connectivity index (χ4v) is 3.98. The van der Waals surface area contributed by atoms with E-state index in [0.717, 1.165) is 0 Å². The number of halogens is 10. The Bertz CT molecular complexity index is 961. The van der Waals surface area contributed by atoms with Crippen LogP contribution in [0.1, 0.15) is 64.7 Å². The van der Waals surface area contributed by atoms with Crippen LogP contribution in [-0.2, 0) is 17.3 Å². The SMILES string of the molecule is CC(C)(C)c1cc(CCCN2C(F)=C(C(F)(F)F)C2(F)C(F)(F)C(F)(F)F)cc(C(C)(C)C)c1O. The Kier molecular flexibility index (Phi) is 7.04. The van der Waals surface area contributed by atoms with Gasteiger partial charge in [0.05, 0.1) is 0 Å². The molecule has 2 rings (SSSR count). The summed E-state index contributed by atoms with van der Waals surface area (Å²) in [6.45, 7) is 9.62. The molecule has 1 aromatic rings. The number of hydrogen-bond acceptors (Lipinski definition) is 2. The molecule has 0 spiro atoms. The van der Waals surface area contributed by atoms with Gasteiger partial charge in [0.15, 0.2) is 5.57 Å². The van der Waals surface area contributed by atoms with Crippen LogP contribution in [0.15, 0.2) is 23.7 Å². The van der Waals surface area contributed by atoms with Crippen LogP contribution in [0.4, 0.5) is 43.9 Å². The molecule has 1 aliphatic heterocycles. The van der Waals surface area contributed by atoms with Crippen LogP contribution in [0, 0.1) is 0 Å². The number of nitrogens with zero attached hydrogens (tertiary/aromatic N) is 1. The molecular formula is C23H27F10NO. The minimum atomic E-state index is -6.70. The fourth-order valence-electron chi connectivity index (χ4n) is 3.98. The summed E-state index contributed by atoms with van der Waals surface area (Å²) >= 11 is 0. The molecule has 1 atom stereocenters. The van der Waals surface area contributed by atoms with Gasteiger partial charge in [0.25, 0.3) is 5.79 Å². The summed E-state index contributed by atoms with van der Waals surface area (Å²) < 4.78 is 134. The topological polar surface area (TPSA) is 23.5 Å². The third kappa shape index (κ3) is 4.94. The first-order valence-electron chi connectivity index (χ1n) is 10.6. The molecule has 0 bridgehead atoms. The van der Waals surface area contributed by atoms with Gasteiger partial charge in [-0.15, -0.1) is 0 Å². The molecule has 35 heavy (non-hydrogen) atoms. The van der Waals surface area contributed by atoms with Gasteiger partial charge in [-0.05, 0) is 40.4 Å². The van der Waals surface area contributed by atoms with Gasteiger partial charge in [0.1, 0.15) is 5.75 Å². The average Bonchev–Trinajstić information content (AvgIpc) is 2.61. The first kappa shape index (κ1) is 29.1. The van der Waals surface area contributed by atoms with Gasteiger partial charge < -0.3 is 10.0 Å². The highest BCUT2D eigenvalue weighted by molar-refractivity contribution is 5.50. The van der Waals surface area contributed by atoms with Crippen molar-refractivity contribution in [3.63, 3.8) is 0 Å². The van der Waals surface area contributed by atoms with Crippen molar-refractivity contribution in [2.24, 2.45) is 0 Å². The molecule has 12 heteroatoms. The van der Waals surface area contributed by atoms with Crippen molar-refractivity contribution in [1.82, 2.24) is 4.90 Å². The molecule has 0 aromatic heterocycles. The van der Waals surface area contributed by atoms with E-state index in [1.807, 2.05) is 0 Å². The van der Waals surface area contributed by atoms with Crippen molar-refractivity contribution in [1.29, 1.82) is 0 Å². The van der Waals surface area contributed by atoms with Gasteiger partial charge in [-0.2, -0.15) is 39.5 Å². The Morgan fingerprint density at radius 1 is 0.829 bits per heavy atom. The summed E-state index contributed by atoms with van der Waals surface area (Å²) in [6.07, 6.45) is -13.3. The fraction of sp³-hybridized carbons (Fsp3) is 0.652. The van der Waals surface area contributed by atoms with Gasteiger partial charge in [-0.25, -0.2) is 4.39 Å². The lowest BCUT2D eigenvalue weighted by atomic mass is 9.78. The summed E-state index contributed by atoms with van der Waals surface area (Å²) in [5.74, 6) is -14.5. The number of benzene rings is 1. The van der Waals surface area contributed by atoms with E-state index >= 15 is 0 Å². The van der Waals surface area contributed by atoms with Gasteiger partial charge in [0, 0.05) is 6.54 Å². The second-order valence-electron chi connectivity index (χ2n) is 10.7. The molecule has 1 unspecified atom stereocenters. The summed E-state index contributed by atoms with van der Waals surface area (Å²) in [4.78, 5) is -0.820. The van der Waals surface area contributed by atoms with E-state index in [0.29, 0.717) is 16.7 Å². The third-order valence-corrected chi connectivity index (χ3v) is 5.83. The lowest BCUT2D eigenvalue weighted by Gasteiger charge is -2.50. The van der Waals surface area contributed by atoms with Crippen LogP contribution < -0.4 is 0 Å². The second-order valence-corrected chi connectivity index (χ2v) is 10.7. The van der Waals surface area contributed by atoms with Gasteiger partial charge in [0.2, 0.25) is 5.95 Å². The van der Waals surface area contributed by atoms with Crippen molar-refractivity contribution >= 4 is 0 Å². The molecule has 0 aliphatic carbocycles. The summed E-state index contributed by atoms with van der Waals surface area (Å²) in [7, 11) is 0. The smallest absolute Gasteiger partial charge is 0.459 e. The average molecular weight is 523 g/mol. The molecule has 0 amide bonds. The molecule has 1 aromatic carbocycles. The first-order valence-corrected chi connectivity index (χ1v) is 10.6. The van der Waals surface area contributed by atoms with Crippen molar-refractivity contribution in [2.75, 3.05) is 6.54 Å². The maximum Gasteiger partial charge on any atom is 0.459 e. The van der Waals surface area contributed by atoms with E-state index < -0.39 is 64.3 Å². The number of hydrogen-bond donors (Lipinski definition) is 1. The molecule has 200 valence electrons. The van der Waals surface area contributed by atoms with Crippen molar-refractivity contribution < 1.29 is 49.0 Å². The van der Waals surface area contributed by atoms with Crippen molar-refractivity contribution in [2.45, 2.75) is 89.3 Å². The normalized spacial score (nSPS) is 20.4. The van der Waals surface area contributed by atoms with Gasteiger partial charge >= 0.3 is 18.3 Å². The Hall–Kier alpha value is -2.14. The van der Waals surface area contributed by atoms with Crippen molar-refractivity contribution in [3.8, 4) is 5.75 Å². The van der Waals surface area contributed by atoms with E-state index in [2.05, 4.69) is 0 Å². The standard InChI is InChI=1S/C23H27F10NO/c1-18(2,3)13-10-12(11-14(15(13)35)19(4,5)6)8-7-9-34-17(24)16(21(26,27)28)20(34,25)22(29,30)23(31,32)33/h10-11,35H,7-9H2,1-6H3. The van der Waals surface area contributed by atoms with Crippen LogP contribution in [0.3, 0.4) is 0 Å². The molecule has 1 heterocycles. The number of rotatable bonds is 5. The predicted molar refractivity (Wildman–Crippen MR) is 110 cm³/mol. The molecule has 1 aliphatic rings. The van der Waals surface area contributed by atoms with Gasteiger partial charge in [-0.3, -0.25) is 0 Å². The van der Waals surface area contributed by atoms with Crippen molar-refractivity contribution in [3.05, 3.63) is 40.3 Å². The molecule has 2 nitrogen and oxygen atoms in total. The Morgan fingerprint density at radius 2 is 1.26 bits per heavy atom. The van der Waals surface area contributed by atoms with E-state index in [1.165, 1.54) is 0 Å². The van der Waals surface area contributed by atoms with E-state index in [1.54, 1.807) is 53.7 Å². The van der Waals surface area contributed by atoms with Crippen LogP contribution in [0.2, 0.25) is 0 Å². The van der Waals surface area contributed by atoms with E-state index in [-0.39, 0.29) is 12.2 Å². The number of alkyl halides is 9. The quantitative estimate of drug-likeness (QED) is 0.314. The Labute approximate surface area is 196 Å². The first-order chi connectivity index (χ1) is 15.4. The summed E-state index contributed by atoms with van der Waals surface area (Å²) in [5.41, 5.74) is -2.85. The second kappa shape index (κ2) is 8.47. The zero-order valence-electron chi connectivity index (χ0n) is 20.0. The maximum atomic E-state index is 14.9. The highest BCUT2D eigenvalue weighted by atomic mass is 19.4. The van der Waals surface area contributed by atoms with Crippen LogP contribution in [0.5, 0.6) is 5.75 Å². The summed E-state index contributed by atoms with van der Waals surface area (Å²) in [5, 5.41) is 10.7. The summed E-state index contributed by atoms with van der Waals surface area (Å²) in [6, 6.07) is 3.11. The highest BCUT2D eigenvalue weighted by Gasteiger charge is 2.83. The Morgan fingerprint density at radius 3 is 1.60 bits per heavy atom. The van der Waals surface area contributed by atoms with Gasteiger partial charge in [-0.1, -0.05) is 53.7 Å². The molecular weight excluding hydrogens is 496 g/mol. The lowest BCUT2D eigenvalue weighted by Crippen LogP contribution is -2.71. The number of phenolic OH excluding ortho intramolecular Hbond substituents is 1. The lowest BCUT2D eigenvalue weighted by molar-refractivity contribution is -0.361. The molecule has 0 fully saturated rings. The monoisotopic (exact) mass is 523 g/mol. The zero-order chi connectivity index (χ0) is 27.6. The van der Waals surface area contributed by atoms with Crippen LogP contribution in [-0.4, -0.2) is 40.6 Å². The molecule has 0 saturated heterocycles. The molecule has 0 radical (unpaired) electrons. The minimum absolute atomic E-state index is 0.00730.